The molecule has 5 rings (SSSR count). The predicted molar refractivity (Wildman–Crippen MR) is 119 cm³/mol. The van der Waals surface area contributed by atoms with Gasteiger partial charge in [-0.3, -0.25) is 5.10 Å². The number of nitrogens with one attached hydrogen (secondary N) is 1. The van der Waals surface area contributed by atoms with Gasteiger partial charge in [0.2, 0.25) is 0 Å². The van der Waals surface area contributed by atoms with Gasteiger partial charge in [0, 0.05) is 35.1 Å². The standard InChI is InChI=1S/C21H16N6O2S2/c1-30-21-22-9-7-18(25-21)17-13-24-26-19(17)15-11-14-8-10-27(20(14)23-12-15)31(28,29)16-5-3-2-4-6-16/h2-13H,1H3,(H,24,26). The Morgan fingerprint density at radius 3 is 2.68 bits per heavy atom. The van der Waals surface area contributed by atoms with E-state index in [1.165, 1.54) is 21.9 Å². The van der Waals surface area contributed by atoms with Crippen molar-refractivity contribution in [3.8, 4) is 22.5 Å². The molecule has 4 heterocycles. The van der Waals surface area contributed by atoms with Crippen LogP contribution in [0, 0.1) is 0 Å². The Hall–Kier alpha value is -3.50. The highest BCUT2D eigenvalue weighted by molar-refractivity contribution is 7.98. The quantitative estimate of drug-likeness (QED) is 0.321. The molecule has 0 aliphatic heterocycles. The van der Waals surface area contributed by atoms with Gasteiger partial charge < -0.3 is 0 Å². The fourth-order valence-corrected chi connectivity index (χ4v) is 5.01. The normalized spacial score (nSPS) is 11.8. The summed E-state index contributed by atoms with van der Waals surface area (Å²) in [5, 5.41) is 8.54. The summed E-state index contributed by atoms with van der Waals surface area (Å²) in [6.07, 6.45) is 8.49. The maximum atomic E-state index is 13.0. The number of benzene rings is 1. The minimum absolute atomic E-state index is 0.211. The molecule has 0 atom stereocenters. The molecule has 1 N–H and O–H groups in total. The summed E-state index contributed by atoms with van der Waals surface area (Å²) >= 11 is 1.46. The summed E-state index contributed by atoms with van der Waals surface area (Å²) in [6.45, 7) is 0. The number of hydrogen-bond acceptors (Lipinski definition) is 7. The Morgan fingerprint density at radius 1 is 1.03 bits per heavy atom. The summed E-state index contributed by atoms with van der Waals surface area (Å²) in [5.74, 6) is 0. The van der Waals surface area contributed by atoms with Crippen LogP contribution < -0.4 is 0 Å². The highest BCUT2D eigenvalue weighted by Gasteiger charge is 2.20. The van der Waals surface area contributed by atoms with Crippen molar-refractivity contribution in [2.24, 2.45) is 0 Å². The molecule has 0 saturated heterocycles. The molecule has 5 aromatic rings. The van der Waals surface area contributed by atoms with E-state index in [1.54, 1.807) is 55.0 Å². The molecule has 4 aromatic heterocycles. The van der Waals surface area contributed by atoms with Gasteiger partial charge in [0.1, 0.15) is 0 Å². The number of fused-ring (bicyclic) bond motifs is 1. The van der Waals surface area contributed by atoms with Crippen molar-refractivity contribution in [2.45, 2.75) is 10.1 Å². The number of nitrogens with zero attached hydrogens (tertiary/aromatic N) is 5. The summed E-state index contributed by atoms with van der Waals surface area (Å²) in [5.41, 5.74) is 3.45. The van der Waals surface area contributed by atoms with Gasteiger partial charge in [-0.05, 0) is 36.6 Å². The molecule has 0 aliphatic rings. The first-order valence-corrected chi connectivity index (χ1v) is 11.9. The Morgan fingerprint density at radius 2 is 1.87 bits per heavy atom. The zero-order valence-corrected chi connectivity index (χ0v) is 17.9. The minimum atomic E-state index is -3.73. The van der Waals surface area contributed by atoms with E-state index < -0.39 is 10.0 Å². The van der Waals surface area contributed by atoms with Gasteiger partial charge in [-0.25, -0.2) is 27.3 Å². The lowest BCUT2D eigenvalue weighted by atomic mass is 10.1. The Kier molecular flexibility index (Phi) is 4.79. The Labute approximate surface area is 182 Å². The van der Waals surface area contributed by atoms with Crippen LogP contribution in [-0.4, -0.2) is 43.8 Å². The highest BCUT2D eigenvalue weighted by Crippen LogP contribution is 2.31. The van der Waals surface area contributed by atoms with Gasteiger partial charge in [0.15, 0.2) is 10.8 Å². The number of H-pyrrole nitrogens is 1. The van der Waals surface area contributed by atoms with E-state index in [2.05, 4.69) is 25.1 Å². The van der Waals surface area contributed by atoms with Gasteiger partial charge in [-0.2, -0.15) is 5.10 Å². The van der Waals surface area contributed by atoms with Gasteiger partial charge in [-0.15, -0.1) is 0 Å². The first-order chi connectivity index (χ1) is 15.1. The zero-order chi connectivity index (χ0) is 21.4. The van der Waals surface area contributed by atoms with Gasteiger partial charge in [0.05, 0.1) is 22.5 Å². The maximum Gasteiger partial charge on any atom is 0.269 e. The Bertz CT molecular complexity index is 1490. The molecule has 0 spiro atoms. The third kappa shape index (κ3) is 3.39. The smallest absolute Gasteiger partial charge is 0.269 e. The van der Waals surface area contributed by atoms with Crippen LogP contribution in [0.15, 0.2) is 83.4 Å². The average Bonchev–Trinajstić information content (AvgIpc) is 3.47. The molecule has 0 radical (unpaired) electrons. The first-order valence-electron chi connectivity index (χ1n) is 9.27. The lowest BCUT2D eigenvalue weighted by Gasteiger charge is -2.08. The van der Waals surface area contributed by atoms with E-state index in [4.69, 9.17) is 0 Å². The first kappa shape index (κ1) is 19.5. The number of pyridine rings is 1. The van der Waals surface area contributed by atoms with Crippen molar-refractivity contribution in [2.75, 3.05) is 6.26 Å². The van der Waals surface area contributed by atoms with Crippen molar-refractivity contribution < 1.29 is 8.42 Å². The van der Waals surface area contributed by atoms with Crippen LogP contribution in [0.1, 0.15) is 0 Å². The molecule has 0 unspecified atom stereocenters. The fourth-order valence-electron chi connectivity index (χ4n) is 3.33. The summed E-state index contributed by atoms with van der Waals surface area (Å²) in [4.78, 5) is 13.4. The fraction of sp³-hybridized carbons (Fsp3) is 0.0476. The number of hydrogen-bond donors (Lipinski definition) is 1. The van der Waals surface area contributed by atoms with Gasteiger partial charge in [-0.1, -0.05) is 30.0 Å². The summed E-state index contributed by atoms with van der Waals surface area (Å²) in [7, 11) is -3.73. The van der Waals surface area contributed by atoms with E-state index in [1.807, 2.05) is 18.4 Å². The van der Waals surface area contributed by atoms with E-state index in [0.717, 1.165) is 22.5 Å². The van der Waals surface area contributed by atoms with Crippen LogP contribution in [0.2, 0.25) is 0 Å². The summed E-state index contributed by atoms with van der Waals surface area (Å²) < 4.78 is 27.2. The van der Waals surface area contributed by atoms with Crippen molar-refractivity contribution in [1.82, 2.24) is 29.1 Å². The third-order valence-electron chi connectivity index (χ3n) is 4.81. The minimum Gasteiger partial charge on any atom is -0.277 e. The number of aromatic nitrogens is 6. The molecule has 0 bridgehead atoms. The summed E-state index contributed by atoms with van der Waals surface area (Å²) in [6, 6.07) is 13.7. The van der Waals surface area contributed by atoms with E-state index in [0.29, 0.717) is 16.2 Å². The van der Waals surface area contributed by atoms with Crippen LogP contribution >= 0.6 is 11.8 Å². The lowest BCUT2D eigenvalue weighted by molar-refractivity contribution is 0.589. The zero-order valence-electron chi connectivity index (χ0n) is 16.3. The lowest BCUT2D eigenvalue weighted by Crippen LogP contribution is -2.12. The largest absolute Gasteiger partial charge is 0.277 e. The highest BCUT2D eigenvalue weighted by atomic mass is 32.2. The molecular formula is C21H16N6O2S2. The van der Waals surface area contributed by atoms with Crippen LogP contribution in [0.3, 0.4) is 0 Å². The molecule has 1 aromatic carbocycles. The van der Waals surface area contributed by atoms with E-state index in [9.17, 15) is 8.42 Å². The van der Waals surface area contributed by atoms with Gasteiger partial charge >= 0.3 is 0 Å². The molecule has 0 fully saturated rings. The monoisotopic (exact) mass is 448 g/mol. The molecule has 10 heteroatoms. The van der Waals surface area contributed by atoms with Crippen LogP contribution in [0.4, 0.5) is 0 Å². The van der Waals surface area contributed by atoms with Crippen molar-refractivity contribution >= 4 is 32.8 Å². The van der Waals surface area contributed by atoms with Gasteiger partial charge in [0.25, 0.3) is 10.0 Å². The van der Waals surface area contributed by atoms with Crippen LogP contribution in [0.5, 0.6) is 0 Å². The number of thioether (sulfide) groups is 1. The second-order valence-corrected chi connectivity index (χ2v) is 9.24. The van der Waals surface area contributed by atoms with Crippen LogP contribution in [0.25, 0.3) is 33.5 Å². The van der Waals surface area contributed by atoms with Crippen LogP contribution in [-0.2, 0) is 10.0 Å². The number of aromatic amines is 1. The molecule has 154 valence electrons. The predicted octanol–water partition coefficient (Wildman–Crippen LogP) is 3.84. The molecule has 0 saturated carbocycles. The van der Waals surface area contributed by atoms with Crippen molar-refractivity contribution in [3.05, 3.63) is 73.3 Å². The second kappa shape index (κ2) is 7.64. The topological polar surface area (TPSA) is 106 Å². The molecule has 31 heavy (non-hydrogen) atoms. The Balaban J connectivity index is 1.59. The van der Waals surface area contributed by atoms with Crippen molar-refractivity contribution in [1.29, 1.82) is 0 Å². The van der Waals surface area contributed by atoms with E-state index >= 15 is 0 Å². The maximum absolute atomic E-state index is 13.0. The molecular weight excluding hydrogens is 432 g/mol. The third-order valence-corrected chi connectivity index (χ3v) is 7.06. The second-order valence-electron chi connectivity index (χ2n) is 6.65. The SMILES string of the molecule is CSc1nccc(-c2cn[nH]c2-c2cnc3c(ccn3S(=O)(=O)c3ccccc3)c2)n1. The van der Waals surface area contributed by atoms with E-state index in [-0.39, 0.29) is 4.90 Å². The number of rotatable bonds is 5. The van der Waals surface area contributed by atoms with Crippen molar-refractivity contribution in [3.63, 3.8) is 0 Å². The molecule has 0 aliphatic carbocycles. The average molecular weight is 449 g/mol. The molecule has 0 amide bonds. The molecule has 8 nitrogen and oxygen atoms in total.